The quantitative estimate of drug-likeness (QED) is 0.724. The van der Waals surface area contributed by atoms with Crippen LogP contribution in [0.4, 0.5) is 11.8 Å². The summed E-state index contributed by atoms with van der Waals surface area (Å²) in [5, 5.41) is 2.94. The fourth-order valence-corrected chi connectivity index (χ4v) is 3.40. The fourth-order valence-electron chi connectivity index (χ4n) is 3.40. The van der Waals surface area contributed by atoms with Gasteiger partial charge in [-0.3, -0.25) is 4.79 Å². The molecule has 7 nitrogen and oxygen atoms in total. The van der Waals surface area contributed by atoms with Crippen LogP contribution in [0.1, 0.15) is 21.6 Å². The maximum Gasteiger partial charge on any atom is 0.270 e. The van der Waals surface area contributed by atoms with Gasteiger partial charge in [0.05, 0.1) is 0 Å². The predicted octanol–water partition coefficient (Wildman–Crippen LogP) is 2.44. The minimum Gasteiger partial charge on any atom is -0.353 e. The number of hydrogen-bond acceptors (Lipinski definition) is 6. The third kappa shape index (κ3) is 4.68. The Morgan fingerprint density at radius 3 is 2.55 bits per heavy atom. The monoisotopic (exact) mass is 388 g/mol. The smallest absolute Gasteiger partial charge is 0.270 e. The minimum atomic E-state index is -0.192. The lowest BCUT2D eigenvalue weighted by Crippen LogP contribution is -2.47. The minimum absolute atomic E-state index is 0.192. The normalized spacial score (nSPS) is 14.0. The van der Waals surface area contributed by atoms with Gasteiger partial charge in [-0.2, -0.15) is 0 Å². The average Bonchev–Trinajstić information content (AvgIpc) is 2.78. The van der Waals surface area contributed by atoms with Crippen LogP contribution in [0, 0.1) is 6.92 Å². The molecule has 1 N–H and O–H groups in total. The van der Waals surface area contributed by atoms with E-state index in [4.69, 9.17) is 0 Å². The molecule has 0 saturated carbocycles. The Bertz CT molecular complexity index is 970. The second-order valence-corrected chi connectivity index (χ2v) is 7.08. The Hall–Kier alpha value is -3.48. The number of hydrogen-bond donors (Lipinski definition) is 1. The lowest BCUT2D eigenvalue weighted by Gasteiger charge is -2.35. The first kappa shape index (κ1) is 18.9. The summed E-state index contributed by atoms with van der Waals surface area (Å²) in [6.45, 7) is 5.75. The van der Waals surface area contributed by atoms with Crippen molar-refractivity contribution in [3.05, 3.63) is 77.7 Å². The van der Waals surface area contributed by atoms with Gasteiger partial charge in [-0.25, -0.2) is 15.0 Å². The Labute approximate surface area is 170 Å². The Kier molecular flexibility index (Phi) is 5.65. The summed E-state index contributed by atoms with van der Waals surface area (Å²) in [5.74, 6) is 1.38. The van der Waals surface area contributed by atoms with Crippen LogP contribution in [-0.2, 0) is 6.54 Å². The van der Waals surface area contributed by atoms with E-state index < -0.39 is 0 Å². The van der Waals surface area contributed by atoms with E-state index in [2.05, 4.69) is 36.1 Å². The molecule has 0 atom stereocenters. The fraction of sp³-hybridized carbons (Fsp3) is 0.273. The SMILES string of the molecule is Cc1cccc(CNC(=O)c2ccnc(N3CCN(c4ccccn4)CC3)n2)c1. The molecule has 3 aromatic rings. The summed E-state index contributed by atoms with van der Waals surface area (Å²) in [6.07, 6.45) is 3.46. The Morgan fingerprint density at radius 1 is 0.966 bits per heavy atom. The van der Waals surface area contributed by atoms with Crippen molar-refractivity contribution in [2.45, 2.75) is 13.5 Å². The Morgan fingerprint density at radius 2 is 1.79 bits per heavy atom. The highest BCUT2D eigenvalue weighted by atomic mass is 16.1. The molecule has 1 amide bonds. The largest absolute Gasteiger partial charge is 0.353 e. The van der Waals surface area contributed by atoms with E-state index in [1.54, 1.807) is 12.3 Å². The standard InChI is InChI=1S/C22H24N6O/c1-17-5-4-6-18(15-17)16-25-21(29)19-8-10-24-22(26-19)28-13-11-27(12-14-28)20-7-2-3-9-23-20/h2-10,15H,11-14,16H2,1H3,(H,25,29). The molecule has 1 saturated heterocycles. The van der Waals surface area contributed by atoms with Gasteiger partial charge in [0, 0.05) is 45.1 Å². The van der Waals surface area contributed by atoms with Crippen LogP contribution in [0.3, 0.4) is 0 Å². The molecular formula is C22H24N6O. The van der Waals surface area contributed by atoms with Crippen molar-refractivity contribution in [1.29, 1.82) is 0 Å². The third-order valence-electron chi connectivity index (χ3n) is 4.95. The number of piperazine rings is 1. The van der Waals surface area contributed by atoms with Crippen molar-refractivity contribution in [3.63, 3.8) is 0 Å². The molecule has 148 valence electrons. The number of aromatic nitrogens is 3. The molecule has 0 bridgehead atoms. The maximum absolute atomic E-state index is 12.5. The van der Waals surface area contributed by atoms with Crippen LogP contribution in [0.5, 0.6) is 0 Å². The molecule has 7 heteroatoms. The molecule has 0 aliphatic carbocycles. The lowest BCUT2D eigenvalue weighted by atomic mass is 10.1. The first-order valence-corrected chi connectivity index (χ1v) is 9.77. The van der Waals surface area contributed by atoms with Crippen LogP contribution in [0.15, 0.2) is 60.9 Å². The molecule has 1 aromatic carbocycles. The number of benzene rings is 1. The van der Waals surface area contributed by atoms with E-state index in [0.29, 0.717) is 18.2 Å². The van der Waals surface area contributed by atoms with Crippen molar-refractivity contribution in [3.8, 4) is 0 Å². The number of anilines is 2. The van der Waals surface area contributed by atoms with E-state index in [1.165, 1.54) is 5.56 Å². The summed E-state index contributed by atoms with van der Waals surface area (Å²) in [4.78, 5) is 30.2. The first-order chi connectivity index (χ1) is 14.2. The average molecular weight is 388 g/mol. The second-order valence-electron chi connectivity index (χ2n) is 7.08. The molecule has 3 heterocycles. The Balaban J connectivity index is 1.37. The van der Waals surface area contributed by atoms with Crippen LogP contribution in [0.25, 0.3) is 0 Å². The highest BCUT2D eigenvalue weighted by Crippen LogP contribution is 2.16. The van der Waals surface area contributed by atoms with Gasteiger partial charge in [-0.15, -0.1) is 0 Å². The number of carbonyl (C=O) groups excluding carboxylic acids is 1. The van der Waals surface area contributed by atoms with Crippen molar-refractivity contribution >= 4 is 17.7 Å². The summed E-state index contributed by atoms with van der Waals surface area (Å²) < 4.78 is 0. The highest BCUT2D eigenvalue weighted by Gasteiger charge is 2.20. The predicted molar refractivity (Wildman–Crippen MR) is 113 cm³/mol. The molecule has 0 radical (unpaired) electrons. The molecule has 0 spiro atoms. The number of pyridine rings is 1. The zero-order chi connectivity index (χ0) is 20.1. The van der Waals surface area contributed by atoms with Crippen LogP contribution >= 0.6 is 0 Å². The summed E-state index contributed by atoms with van der Waals surface area (Å²) in [6, 6.07) is 15.7. The van der Waals surface area contributed by atoms with Gasteiger partial charge in [-0.05, 0) is 30.7 Å². The van der Waals surface area contributed by atoms with E-state index in [9.17, 15) is 4.79 Å². The van der Waals surface area contributed by atoms with E-state index in [1.807, 2.05) is 49.5 Å². The van der Waals surface area contributed by atoms with Crippen LogP contribution in [0.2, 0.25) is 0 Å². The van der Waals surface area contributed by atoms with Gasteiger partial charge in [0.25, 0.3) is 5.91 Å². The van der Waals surface area contributed by atoms with Gasteiger partial charge in [0.2, 0.25) is 5.95 Å². The van der Waals surface area contributed by atoms with E-state index in [0.717, 1.165) is 37.6 Å². The molecule has 0 unspecified atom stereocenters. The number of aryl methyl sites for hydroxylation is 1. The number of nitrogens with one attached hydrogen (secondary N) is 1. The first-order valence-electron chi connectivity index (χ1n) is 9.77. The lowest BCUT2D eigenvalue weighted by molar-refractivity contribution is 0.0946. The van der Waals surface area contributed by atoms with Crippen molar-refractivity contribution < 1.29 is 4.79 Å². The molecule has 1 aliphatic heterocycles. The van der Waals surface area contributed by atoms with Gasteiger partial charge in [0.15, 0.2) is 0 Å². The molecule has 1 aliphatic rings. The van der Waals surface area contributed by atoms with Gasteiger partial charge >= 0.3 is 0 Å². The van der Waals surface area contributed by atoms with E-state index in [-0.39, 0.29) is 5.91 Å². The number of rotatable bonds is 5. The molecular weight excluding hydrogens is 364 g/mol. The molecule has 29 heavy (non-hydrogen) atoms. The topological polar surface area (TPSA) is 74.2 Å². The number of nitrogens with zero attached hydrogens (tertiary/aromatic N) is 5. The summed E-state index contributed by atoms with van der Waals surface area (Å²) in [5.41, 5.74) is 2.62. The third-order valence-corrected chi connectivity index (χ3v) is 4.95. The number of amides is 1. The van der Waals surface area contributed by atoms with Crippen LogP contribution < -0.4 is 15.1 Å². The number of carbonyl (C=O) groups is 1. The highest BCUT2D eigenvalue weighted by molar-refractivity contribution is 5.92. The maximum atomic E-state index is 12.5. The molecule has 1 fully saturated rings. The van der Waals surface area contributed by atoms with Crippen molar-refractivity contribution in [2.75, 3.05) is 36.0 Å². The zero-order valence-electron chi connectivity index (χ0n) is 16.5. The second kappa shape index (κ2) is 8.68. The van der Waals surface area contributed by atoms with Gasteiger partial charge in [0.1, 0.15) is 11.5 Å². The summed E-state index contributed by atoms with van der Waals surface area (Å²) in [7, 11) is 0. The molecule has 4 rings (SSSR count). The zero-order valence-corrected chi connectivity index (χ0v) is 16.5. The summed E-state index contributed by atoms with van der Waals surface area (Å²) >= 11 is 0. The van der Waals surface area contributed by atoms with Crippen LogP contribution in [-0.4, -0.2) is 47.0 Å². The van der Waals surface area contributed by atoms with Crippen molar-refractivity contribution in [2.24, 2.45) is 0 Å². The van der Waals surface area contributed by atoms with E-state index >= 15 is 0 Å². The van der Waals surface area contributed by atoms with Gasteiger partial charge < -0.3 is 15.1 Å². The van der Waals surface area contributed by atoms with Crippen molar-refractivity contribution in [1.82, 2.24) is 20.3 Å². The van der Waals surface area contributed by atoms with Gasteiger partial charge in [-0.1, -0.05) is 35.9 Å². The molecule has 2 aromatic heterocycles.